The Morgan fingerprint density at radius 3 is 2.66 bits per heavy atom. The minimum Gasteiger partial charge on any atom is -0.348 e. The van der Waals surface area contributed by atoms with Crippen LogP contribution in [0, 0.1) is 0 Å². The summed E-state index contributed by atoms with van der Waals surface area (Å²) in [4.78, 5) is 20.9. The molecule has 3 heterocycles. The van der Waals surface area contributed by atoms with Gasteiger partial charge in [0.2, 0.25) is 5.91 Å². The molecule has 3 aromatic heterocycles. The molecule has 2 unspecified atom stereocenters. The summed E-state index contributed by atoms with van der Waals surface area (Å²) < 4.78 is 39.4. The number of carbonyl (C=O) groups excluding carboxylic acids is 1. The molecule has 4 rings (SSSR count). The first-order valence-electron chi connectivity index (χ1n) is 9.42. The highest BCUT2D eigenvalue weighted by molar-refractivity contribution is 5.80. The number of halogens is 3. The highest BCUT2D eigenvalue weighted by atomic mass is 19.3. The number of fused-ring (bicyclic) bond motifs is 1. The number of hydrogen-bond donors (Lipinski definition) is 1. The first kappa shape index (κ1) is 19.4. The number of alkyl halides is 3. The van der Waals surface area contributed by atoms with Gasteiger partial charge in [-0.15, -0.1) is 0 Å². The third kappa shape index (κ3) is 4.23. The van der Waals surface area contributed by atoms with E-state index in [-0.39, 0.29) is 17.8 Å². The van der Waals surface area contributed by atoms with Crippen LogP contribution in [0.5, 0.6) is 0 Å². The van der Waals surface area contributed by atoms with E-state index in [1.165, 1.54) is 30.8 Å². The number of rotatable bonds is 7. The molecule has 9 heteroatoms. The van der Waals surface area contributed by atoms with Gasteiger partial charge in [0.1, 0.15) is 0 Å². The van der Waals surface area contributed by atoms with Gasteiger partial charge in [0.15, 0.2) is 0 Å². The van der Waals surface area contributed by atoms with Gasteiger partial charge >= 0.3 is 0 Å². The zero-order chi connectivity index (χ0) is 20.5. The normalized spacial score (nSPS) is 16.2. The second-order valence-electron chi connectivity index (χ2n) is 7.29. The average Bonchev–Trinajstić information content (AvgIpc) is 3.46. The molecule has 1 saturated carbocycles. The van der Waals surface area contributed by atoms with Crippen LogP contribution in [0.3, 0.4) is 0 Å². The molecule has 3 aromatic rings. The van der Waals surface area contributed by atoms with Crippen LogP contribution in [0.25, 0.3) is 10.9 Å². The molecular weight excluding hydrogens is 383 g/mol. The molecule has 2 atom stereocenters. The molecule has 1 N–H and O–H groups in total. The second kappa shape index (κ2) is 7.81. The molecule has 0 bridgehead atoms. The highest BCUT2D eigenvalue weighted by Crippen LogP contribution is 2.39. The summed E-state index contributed by atoms with van der Waals surface area (Å²) in [5, 5.41) is 7.00. The predicted octanol–water partition coefficient (Wildman–Crippen LogP) is 3.86. The largest absolute Gasteiger partial charge is 0.348 e. The highest BCUT2D eigenvalue weighted by Gasteiger charge is 2.25. The Labute approximate surface area is 165 Å². The van der Waals surface area contributed by atoms with Crippen molar-refractivity contribution >= 4 is 16.8 Å². The van der Waals surface area contributed by atoms with Crippen LogP contribution in [0.15, 0.2) is 36.8 Å². The molecule has 29 heavy (non-hydrogen) atoms. The fraction of sp³-hybridized carbons (Fsp3) is 0.400. The SMILES string of the molecule is CC(NC(=O)Cc1ccc(C2CC2)cn1)c1cc2cnn(C(F)C(F)F)c2cn1. The summed E-state index contributed by atoms with van der Waals surface area (Å²) in [6.07, 6.45) is 1.25. The van der Waals surface area contributed by atoms with Crippen molar-refractivity contribution in [1.82, 2.24) is 25.1 Å². The van der Waals surface area contributed by atoms with E-state index in [4.69, 9.17) is 0 Å². The van der Waals surface area contributed by atoms with E-state index in [1.807, 2.05) is 18.3 Å². The maximum Gasteiger partial charge on any atom is 0.289 e. The van der Waals surface area contributed by atoms with Crippen molar-refractivity contribution in [2.75, 3.05) is 0 Å². The number of carbonyl (C=O) groups is 1. The Hall–Kier alpha value is -2.97. The molecule has 1 fully saturated rings. The number of pyridine rings is 2. The van der Waals surface area contributed by atoms with E-state index >= 15 is 0 Å². The Bertz CT molecular complexity index is 1020. The minimum atomic E-state index is -3.18. The van der Waals surface area contributed by atoms with Crippen molar-refractivity contribution in [2.24, 2.45) is 0 Å². The lowest BCUT2D eigenvalue weighted by atomic mass is 10.1. The van der Waals surface area contributed by atoms with E-state index in [0.717, 1.165) is 0 Å². The molecule has 0 spiro atoms. The predicted molar refractivity (Wildman–Crippen MR) is 100 cm³/mol. The number of nitrogens with one attached hydrogen (secondary N) is 1. The number of hydrogen-bond acceptors (Lipinski definition) is 4. The lowest BCUT2D eigenvalue weighted by molar-refractivity contribution is -0.121. The quantitative estimate of drug-likeness (QED) is 0.650. The van der Waals surface area contributed by atoms with Gasteiger partial charge in [-0.3, -0.25) is 14.8 Å². The summed E-state index contributed by atoms with van der Waals surface area (Å²) in [5.41, 5.74) is 2.59. The summed E-state index contributed by atoms with van der Waals surface area (Å²) in [6.45, 7) is 1.76. The van der Waals surface area contributed by atoms with E-state index in [1.54, 1.807) is 13.0 Å². The Morgan fingerprint density at radius 2 is 2.00 bits per heavy atom. The van der Waals surface area contributed by atoms with Crippen molar-refractivity contribution in [1.29, 1.82) is 0 Å². The van der Waals surface area contributed by atoms with Crippen molar-refractivity contribution in [2.45, 2.75) is 50.9 Å². The van der Waals surface area contributed by atoms with E-state index in [2.05, 4.69) is 20.4 Å². The Kier molecular flexibility index (Phi) is 5.21. The number of amides is 1. The topological polar surface area (TPSA) is 72.7 Å². The van der Waals surface area contributed by atoms with Crippen molar-refractivity contribution in [3.8, 4) is 0 Å². The van der Waals surface area contributed by atoms with Gasteiger partial charge in [0.05, 0.1) is 36.1 Å². The van der Waals surface area contributed by atoms with Crippen LogP contribution in [0.4, 0.5) is 13.2 Å². The summed E-state index contributed by atoms with van der Waals surface area (Å²) in [5.74, 6) is 0.410. The molecule has 6 nitrogen and oxygen atoms in total. The van der Waals surface area contributed by atoms with Crippen LogP contribution in [-0.4, -0.2) is 32.1 Å². The average molecular weight is 403 g/mol. The summed E-state index contributed by atoms with van der Waals surface area (Å²) in [6, 6.07) is 5.07. The van der Waals surface area contributed by atoms with Crippen molar-refractivity contribution in [3.63, 3.8) is 0 Å². The minimum absolute atomic E-state index is 0.146. The van der Waals surface area contributed by atoms with Gasteiger partial charge < -0.3 is 5.32 Å². The number of aromatic nitrogens is 4. The molecule has 1 aliphatic carbocycles. The van der Waals surface area contributed by atoms with Crippen molar-refractivity contribution in [3.05, 3.63) is 53.7 Å². The van der Waals surface area contributed by atoms with Crippen LogP contribution in [-0.2, 0) is 11.2 Å². The molecular formula is C20H20F3N5O. The van der Waals surface area contributed by atoms with E-state index < -0.39 is 18.8 Å². The van der Waals surface area contributed by atoms with E-state index in [0.29, 0.717) is 27.4 Å². The zero-order valence-electron chi connectivity index (χ0n) is 15.7. The standard InChI is InChI=1S/C20H20F3N5O/c1-11(27-18(29)7-15-5-4-13(8-24-15)12-2-3-12)16-6-14-9-26-28(17(14)10-25-16)20(23)19(21)22/h4-6,8-12,19-20H,2-3,7H2,1H3,(H,27,29). The van der Waals surface area contributed by atoms with Gasteiger partial charge in [-0.25, -0.2) is 17.9 Å². The first-order chi connectivity index (χ1) is 13.9. The molecule has 152 valence electrons. The zero-order valence-corrected chi connectivity index (χ0v) is 15.7. The second-order valence-corrected chi connectivity index (χ2v) is 7.29. The molecule has 0 aromatic carbocycles. The fourth-order valence-electron chi connectivity index (χ4n) is 3.23. The smallest absolute Gasteiger partial charge is 0.289 e. The van der Waals surface area contributed by atoms with E-state index in [9.17, 15) is 18.0 Å². The van der Waals surface area contributed by atoms with Crippen LogP contribution >= 0.6 is 0 Å². The molecule has 1 amide bonds. The monoisotopic (exact) mass is 403 g/mol. The third-order valence-electron chi connectivity index (χ3n) is 5.00. The lowest BCUT2D eigenvalue weighted by Gasteiger charge is -2.14. The molecule has 0 aliphatic heterocycles. The van der Waals surface area contributed by atoms with Gasteiger partial charge in [-0.05, 0) is 43.4 Å². The Morgan fingerprint density at radius 1 is 1.21 bits per heavy atom. The summed E-state index contributed by atoms with van der Waals surface area (Å²) >= 11 is 0. The molecule has 0 saturated heterocycles. The van der Waals surface area contributed by atoms with Crippen molar-refractivity contribution < 1.29 is 18.0 Å². The lowest BCUT2D eigenvalue weighted by Crippen LogP contribution is -2.28. The maximum absolute atomic E-state index is 13.6. The third-order valence-corrected chi connectivity index (χ3v) is 5.00. The number of nitrogens with zero attached hydrogens (tertiary/aromatic N) is 4. The fourth-order valence-corrected chi connectivity index (χ4v) is 3.23. The first-order valence-corrected chi connectivity index (χ1v) is 9.42. The van der Waals surface area contributed by atoms with Crippen LogP contribution in [0.1, 0.15) is 55.0 Å². The van der Waals surface area contributed by atoms with Crippen LogP contribution < -0.4 is 5.32 Å². The van der Waals surface area contributed by atoms with Gasteiger partial charge in [0, 0.05) is 17.3 Å². The van der Waals surface area contributed by atoms with Gasteiger partial charge in [-0.1, -0.05) is 6.07 Å². The maximum atomic E-state index is 13.6. The van der Waals surface area contributed by atoms with Gasteiger partial charge in [0.25, 0.3) is 12.7 Å². The Balaban J connectivity index is 1.41. The molecule has 0 radical (unpaired) electrons. The summed E-state index contributed by atoms with van der Waals surface area (Å²) in [7, 11) is 0. The van der Waals surface area contributed by atoms with Crippen LogP contribution in [0.2, 0.25) is 0 Å². The van der Waals surface area contributed by atoms with Gasteiger partial charge in [-0.2, -0.15) is 5.10 Å². The molecule has 1 aliphatic rings.